The van der Waals surface area contributed by atoms with E-state index < -0.39 is 46.3 Å². The maximum absolute atomic E-state index is 11.8. The summed E-state index contributed by atoms with van der Waals surface area (Å²) in [5.74, 6) is -1.87. The Balaban J connectivity index is 4.11. The Morgan fingerprint density at radius 1 is 0.640 bits per heavy atom. The summed E-state index contributed by atoms with van der Waals surface area (Å²) < 4.78 is 0. The molecule has 0 saturated carbocycles. The molecule has 13 heteroatoms. The van der Waals surface area contributed by atoms with E-state index in [0.29, 0.717) is 11.8 Å². The van der Waals surface area contributed by atoms with E-state index in [1.807, 2.05) is 0 Å². The molecule has 0 aliphatic heterocycles. The lowest BCUT2D eigenvalue weighted by Crippen LogP contribution is -2.38. The van der Waals surface area contributed by atoms with E-state index in [0.717, 1.165) is 23.5 Å². The highest BCUT2D eigenvalue weighted by atomic mass is 32.2. The first-order valence-corrected chi connectivity index (χ1v) is 10.1. The topological polar surface area (TPSA) is 213 Å². The first-order valence-electron chi connectivity index (χ1n) is 6.95. The van der Waals surface area contributed by atoms with E-state index in [1.54, 1.807) is 0 Å². The first-order chi connectivity index (χ1) is 11.6. The van der Waals surface area contributed by atoms with E-state index in [2.05, 4.69) is 0 Å². The highest BCUT2D eigenvalue weighted by molar-refractivity contribution is 8.26. The van der Waals surface area contributed by atoms with Crippen LogP contribution in [0.2, 0.25) is 0 Å². The summed E-state index contributed by atoms with van der Waals surface area (Å²) in [6, 6.07) is -4.02. The molecule has 2 unspecified atom stereocenters. The van der Waals surface area contributed by atoms with Crippen LogP contribution in [0.5, 0.6) is 0 Å². The van der Waals surface area contributed by atoms with Gasteiger partial charge in [-0.25, -0.2) is 0 Å². The van der Waals surface area contributed by atoms with Crippen LogP contribution >= 0.6 is 35.3 Å². The molecule has 0 spiro atoms. The third-order valence-electron chi connectivity index (χ3n) is 2.63. The SMILES string of the molecule is NC(CSC[C@H](N)C(=O)SC(=O)[C@@H](N)CSCC(N)C(=O)O)C(=O)O. The van der Waals surface area contributed by atoms with Crippen molar-refractivity contribution in [3.05, 3.63) is 0 Å². The number of hydrogen-bond donors (Lipinski definition) is 6. The van der Waals surface area contributed by atoms with Crippen molar-refractivity contribution >= 4 is 57.5 Å². The monoisotopic (exact) mass is 414 g/mol. The molecule has 25 heavy (non-hydrogen) atoms. The summed E-state index contributed by atoms with van der Waals surface area (Å²) in [5.41, 5.74) is 21.9. The molecule has 144 valence electrons. The van der Waals surface area contributed by atoms with Crippen molar-refractivity contribution in [1.82, 2.24) is 0 Å². The van der Waals surface area contributed by atoms with E-state index in [4.69, 9.17) is 33.1 Å². The molecule has 0 saturated heterocycles. The van der Waals surface area contributed by atoms with Gasteiger partial charge in [0.05, 0.1) is 12.1 Å². The lowest BCUT2D eigenvalue weighted by Gasteiger charge is -2.13. The minimum absolute atomic E-state index is 0.0922. The normalized spacial score (nSPS) is 15.8. The molecule has 4 atom stereocenters. The van der Waals surface area contributed by atoms with Gasteiger partial charge in [0, 0.05) is 23.0 Å². The minimum Gasteiger partial charge on any atom is -0.480 e. The minimum atomic E-state index is -1.15. The van der Waals surface area contributed by atoms with Crippen molar-refractivity contribution in [3.63, 3.8) is 0 Å². The van der Waals surface area contributed by atoms with Gasteiger partial charge in [0.1, 0.15) is 12.1 Å². The third-order valence-corrected chi connectivity index (χ3v) is 6.02. The third kappa shape index (κ3) is 10.7. The molecule has 0 aliphatic carbocycles. The molecule has 10 nitrogen and oxygen atoms in total. The molecular formula is C12H22N4O6S3. The highest BCUT2D eigenvalue weighted by Crippen LogP contribution is 2.15. The Hall–Kier alpha value is -0.830. The summed E-state index contributed by atoms with van der Waals surface area (Å²) in [7, 11) is 0. The number of carbonyl (C=O) groups is 4. The molecule has 0 aromatic carbocycles. The van der Waals surface area contributed by atoms with Crippen LogP contribution < -0.4 is 22.9 Å². The van der Waals surface area contributed by atoms with Crippen molar-refractivity contribution in [3.8, 4) is 0 Å². The highest BCUT2D eigenvalue weighted by Gasteiger charge is 2.24. The van der Waals surface area contributed by atoms with E-state index in [1.165, 1.54) is 0 Å². The molecule has 0 aromatic heterocycles. The zero-order chi connectivity index (χ0) is 19.6. The van der Waals surface area contributed by atoms with Gasteiger partial charge < -0.3 is 33.1 Å². The summed E-state index contributed by atoms with van der Waals surface area (Å²) in [6.45, 7) is 0. The molecular weight excluding hydrogens is 392 g/mol. The largest absolute Gasteiger partial charge is 0.480 e. The average molecular weight is 415 g/mol. The van der Waals surface area contributed by atoms with Gasteiger partial charge in [0.25, 0.3) is 0 Å². The van der Waals surface area contributed by atoms with E-state index in [9.17, 15) is 19.2 Å². The van der Waals surface area contributed by atoms with Crippen LogP contribution in [0.4, 0.5) is 0 Å². The number of carboxylic acid groups (broad SMARTS) is 2. The second-order valence-corrected chi connectivity index (χ2v) is 8.08. The molecule has 0 amide bonds. The van der Waals surface area contributed by atoms with Gasteiger partial charge in [0.15, 0.2) is 0 Å². The zero-order valence-corrected chi connectivity index (χ0v) is 15.6. The second-order valence-electron chi connectivity index (χ2n) is 4.92. The molecule has 0 aromatic rings. The van der Waals surface area contributed by atoms with Gasteiger partial charge in [0.2, 0.25) is 10.2 Å². The number of nitrogens with two attached hydrogens (primary N) is 4. The van der Waals surface area contributed by atoms with Gasteiger partial charge in [-0.3, -0.25) is 19.2 Å². The molecule has 0 aliphatic rings. The molecule has 0 heterocycles. The van der Waals surface area contributed by atoms with Crippen LogP contribution in [-0.4, -0.2) is 79.6 Å². The van der Waals surface area contributed by atoms with Crippen LogP contribution in [0.25, 0.3) is 0 Å². The summed E-state index contributed by atoms with van der Waals surface area (Å²) in [4.78, 5) is 44.8. The Kier molecular flexibility index (Phi) is 12.1. The van der Waals surface area contributed by atoms with Crippen molar-refractivity contribution in [1.29, 1.82) is 0 Å². The van der Waals surface area contributed by atoms with Crippen molar-refractivity contribution in [2.24, 2.45) is 22.9 Å². The predicted molar refractivity (Wildman–Crippen MR) is 99.4 cm³/mol. The molecule has 0 fully saturated rings. The van der Waals surface area contributed by atoms with Crippen molar-refractivity contribution < 1.29 is 29.4 Å². The molecule has 0 radical (unpaired) electrons. The summed E-state index contributed by atoms with van der Waals surface area (Å²) in [6.07, 6.45) is 0. The number of carbonyl (C=O) groups excluding carboxylic acids is 2. The molecule has 0 bridgehead atoms. The van der Waals surface area contributed by atoms with Gasteiger partial charge in [-0.15, -0.1) is 0 Å². The number of thioether (sulfide) groups is 3. The Bertz CT molecular complexity index is 453. The smallest absolute Gasteiger partial charge is 0.321 e. The fourth-order valence-corrected chi connectivity index (χ4v) is 3.93. The summed E-state index contributed by atoms with van der Waals surface area (Å²) in [5, 5.41) is 16.1. The number of rotatable bonds is 12. The fourth-order valence-electron chi connectivity index (χ4n) is 1.17. The zero-order valence-electron chi connectivity index (χ0n) is 13.2. The van der Waals surface area contributed by atoms with Crippen LogP contribution in [-0.2, 0) is 19.2 Å². The predicted octanol–water partition coefficient (Wildman–Crippen LogP) is -2.28. The maximum Gasteiger partial charge on any atom is 0.321 e. The Morgan fingerprint density at radius 2 is 0.920 bits per heavy atom. The van der Waals surface area contributed by atoms with Gasteiger partial charge in [-0.2, -0.15) is 23.5 Å². The summed E-state index contributed by atoms with van der Waals surface area (Å²) >= 11 is 2.60. The number of hydrogen-bond acceptors (Lipinski definition) is 11. The molecule has 0 rings (SSSR count). The fraction of sp³-hybridized carbons (Fsp3) is 0.667. The lowest BCUT2D eigenvalue weighted by molar-refractivity contribution is -0.138. The Labute approximate surface area is 157 Å². The van der Waals surface area contributed by atoms with Crippen molar-refractivity contribution in [2.75, 3.05) is 23.0 Å². The van der Waals surface area contributed by atoms with Gasteiger partial charge in [-0.1, -0.05) is 0 Å². The van der Waals surface area contributed by atoms with Crippen LogP contribution in [0.1, 0.15) is 0 Å². The van der Waals surface area contributed by atoms with E-state index >= 15 is 0 Å². The van der Waals surface area contributed by atoms with Crippen LogP contribution in [0, 0.1) is 0 Å². The van der Waals surface area contributed by atoms with Crippen molar-refractivity contribution in [2.45, 2.75) is 24.2 Å². The van der Waals surface area contributed by atoms with Crippen LogP contribution in [0.15, 0.2) is 0 Å². The van der Waals surface area contributed by atoms with Gasteiger partial charge in [-0.05, 0) is 11.8 Å². The lowest BCUT2D eigenvalue weighted by atomic mass is 10.4. The average Bonchev–Trinajstić information content (AvgIpc) is 2.53. The van der Waals surface area contributed by atoms with E-state index in [-0.39, 0.29) is 23.0 Å². The molecule has 10 N–H and O–H groups in total. The van der Waals surface area contributed by atoms with Gasteiger partial charge >= 0.3 is 11.9 Å². The first kappa shape index (κ1) is 24.2. The standard InChI is InChI=1S/C12H22N4O6S3/c13-5(9(17)18)1-23-3-7(15)11(21)25-12(22)8(16)4-24-2-6(14)10(19)20/h5-8H,1-4,13-16H2,(H,17,18)(H,19,20)/t5?,6?,7-,8-/m0/s1. The Morgan fingerprint density at radius 3 is 1.20 bits per heavy atom. The number of carboxylic acids is 2. The van der Waals surface area contributed by atoms with Crippen LogP contribution in [0.3, 0.4) is 0 Å². The maximum atomic E-state index is 11.8. The second kappa shape index (κ2) is 12.5. The quantitative estimate of drug-likeness (QED) is 0.199. The number of aliphatic carboxylic acids is 2.